The van der Waals surface area contributed by atoms with Crippen molar-refractivity contribution < 1.29 is 14.3 Å². The Kier molecular flexibility index (Phi) is 4.89. The number of rotatable bonds is 4. The predicted octanol–water partition coefficient (Wildman–Crippen LogP) is 3.42. The minimum absolute atomic E-state index is 0.0700. The van der Waals surface area contributed by atoms with Gasteiger partial charge in [-0.15, -0.1) is 0 Å². The topological polar surface area (TPSA) is 38.8 Å². The van der Waals surface area contributed by atoms with Crippen molar-refractivity contribution in [3.05, 3.63) is 22.7 Å². The lowest BCUT2D eigenvalue weighted by Crippen LogP contribution is -2.34. The lowest BCUT2D eigenvalue weighted by molar-refractivity contribution is 0.0952. The van der Waals surface area contributed by atoms with E-state index < -0.39 is 0 Å². The average molecular weight is 324 g/mol. The van der Waals surface area contributed by atoms with E-state index in [1.54, 1.807) is 12.1 Å². The number of hydrogen-bond acceptors (Lipinski definition) is 4. The van der Waals surface area contributed by atoms with Crippen LogP contribution in [0.5, 0.6) is 11.5 Å². The fraction of sp³-hybridized carbons (Fsp3) is 0.588. The van der Waals surface area contributed by atoms with Crippen LogP contribution < -0.4 is 9.47 Å². The van der Waals surface area contributed by atoms with Crippen LogP contribution in [0.2, 0.25) is 5.02 Å². The van der Waals surface area contributed by atoms with E-state index in [0.717, 1.165) is 25.6 Å². The molecular weight excluding hydrogens is 302 g/mol. The molecule has 0 atom stereocenters. The number of halogens is 1. The summed E-state index contributed by atoms with van der Waals surface area (Å²) in [7, 11) is 0. The third-order valence-corrected chi connectivity index (χ3v) is 4.78. The van der Waals surface area contributed by atoms with Crippen molar-refractivity contribution in [3.8, 4) is 11.5 Å². The van der Waals surface area contributed by atoms with Gasteiger partial charge in [-0.3, -0.25) is 4.79 Å². The zero-order valence-corrected chi connectivity index (χ0v) is 13.7. The van der Waals surface area contributed by atoms with Gasteiger partial charge in [0.25, 0.3) is 0 Å². The SMILES string of the molecule is CC1CCN(CCC(=O)c2cc3c(cc2Cl)OCCO3)CC1. The highest BCUT2D eigenvalue weighted by atomic mass is 35.5. The highest BCUT2D eigenvalue weighted by Crippen LogP contribution is 2.35. The van der Waals surface area contributed by atoms with Crippen LogP contribution in [-0.2, 0) is 0 Å². The zero-order valence-electron chi connectivity index (χ0n) is 12.9. The monoisotopic (exact) mass is 323 g/mol. The first-order valence-corrected chi connectivity index (χ1v) is 8.36. The maximum atomic E-state index is 12.5. The van der Waals surface area contributed by atoms with Gasteiger partial charge in [0.1, 0.15) is 13.2 Å². The molecule has 0 aliphatic carbocycles. The molecule has 4 nitrogen and oxygen atoms in total. The molecular formula is C17H22ClNO3. The fourth-order valence-corrected chi connectivity index (χ4v) is 3.22. The largest absolute Gasteiger partial charge is 0.486 e. The quantitative estimate of drug-likeness (QED) is 0.796. The summed E-state index contributed by atoms with van der Waals surface area (Å²) in [4.78, 5) is 14.8. The van der Waals surface area contributed by atoms with Gasteiger partial charge in [0.05, 0.1) is 5.02 Å². The van der Waals surface area contributed by atoms with Crippen LogP contribution >= 0.6 is 11.6 Å². The van der Waals surface area contributed by atoms with E-state index in [1.165, 1.54) is 12.8 Å². The van der Waals surface area contributed by atoms with Gasteiger partial charge >= 0.3 is 0 Å². The van der Waals surface area contributed by atoms with Gasteiger partial charge in [-0.25, -0.2) is 0 Å². The van der Waals surface area contributed by atoms with Crippen molar-refractivity contribution in [2.75, 3.05) is 32.8 Å². The molecule has 120 valence electrons. The number of benzene rings is 1. The Balaban J connectivity index is 1.62. The molecule has 1 aromatic carbocycles. The minimum Gasteiger partial charge on any atom is -0.486 e. The minimum atomic E-state index is 0.0700. The van der Waals surface area contributed by atoms with Crippen molar-refractivity contribution in [1.29, 1.82) is 0 Å². The van der Waals surface area contributed by atoms with E-state index in [2.05, 4.69) is 11.8 Å². The molecule has 0 bridgehead atoms. The Hall–Kier alpha value is -1.26. The zero-order chi connectivity index (χ0) is 15.5. The number of carbonyl (C=O) groups is 1. The molecule has 1 fully saturated rings. The maximum Gasteiger partial charge on any atom is 0.165 e. The second kappa shape index (κ2) is 6.88. The van der Waals surface area contributed by atoms with E-state index in [-0.39, 0.29) is 5.78 Å². The van der Waals surface area contributed by atoms with E-state index in [4.69, 9.17) is 21.1 Å². The van der Waals surface area contributed by atoms with Crippen LogP contribution in [0.1, 0.15) is 36.5 Å². The second-order valence-corrected chi connectivity index (χ2v) is 6.58. The Labute approximate surface area is 136 Å². The van der Waals surface area contributed by atoms with E-state index >= 15 is 0 Å². The van der Waals surface area contributed by atoms with Gasteiger partial charge in [-0.1, -0.05) is 18.5 Å². The third kappa shape index (κ3) is 3.55. The van der Waals surface area contributed by atoms with Crippen LogP contribution in [0.4, 0.5) is 0 Å². The summed E-state index contributed by atoms with van der Waals surface area (Å²) in [5, 5.41) is 0.446. The number of fused-ring (bicyclic) bond motifs is 1. The molecule has 1 aromatic rings. The number of piperidine rings is 1. The van der Waals surface area contributed by atoms with Gasteiger partial charge in [0, 0.05) is 24.6 Å². The van der Waals surface area contributed by atoms with Crippen molar-refractivity contribution >= 4 is 17.4 Å². The molecule has 2 aliphatic heterocycles. The second-order valence-electron chi connectivity index (χ2n) is 6.17. The summed E-state index contributed by atoms with van der Waals surface area (Å²) >= 11 is 6.23. The standard InChI is InChI=1S/C17H22ClNO3/c1-12-2-5-19(6-3-12)7-4-15(20)13-10-16-17(11-14(13)18)22-9-8-21-16/h10-12H,2-9H2,1H3. The summed E-state index contributed by atoms with van der Waals surface area (Å²) < 4.78 is 11.0. The molecule has 0 saturated carbocycles. The molecule has 0 radical (unpaired) electrons. The fourth-order valence-electron chi connectivity index (χ4n) is 2.96. The van der Waals surface area contributed by atoms with Crippen molar-refractivity contribution in [2.45, 2.75) is 26.2 Å². The Morgan fingerprint density at radius 2 is 1.86 bits per heavy atom. The van der Waals surface area contributed by atoms with Crippen LogP contribution in [0.15, 0.2) is 12.1 Å². The number of hydrogen-bond donors (Lipinski definition) is 0. The molecule has 0 unspecified atom stereocenters. The van der Waals surface area contributed by atoms with Crippen molar-refractivity contribution in [1.82, 2.24) is 4.90 Å². The summed E-state index contributed by atoms with van der Waals surface area (Å²) in [5.41, 5.74) is 0.538. The average Bonchev–Trinajstić information content (AvgIpc) is 2.53. The molecule has 3 rings (SSSR count). The number of carbonyl (C=O) groups excluding carboxylic acids is 1. The highest BCUT2D eigenvalue weighted by Gasteiger charge is 2.21. The molecule has 0 spiro atoms. The van der Waals surface area contributed by atoms with Crippen LogP contribution in [0, 0.1) is 5.92 Å². The summed E-state index contributed by atoms with van der Waals surface area (Å²) in [6, 6.07) is 3.41. The van der Waals surface area contributed by atoms with Crippen molar-refractivity contribution in [3.63, 3.8) is 0 Å². The summed E-state index contributed by atoms with van der Waals surface area (Å²) in [6.45, 7) is 6.29. The van der Waals surface area contributed by atoms with Crippen molar-refractivity contribution in [2.24, 2.45) is 5.92 Å². The van der Waals surface area contributed by atoms with E-state index in [1.807, 2.05) is 0 Å². The normalized spacial score (nSPS) is 19.2. The Bertz CT molecular complexity index is 553. The first-order chi connectivity index (χ1) is 10.6. The van der Waals surface area contributed by atoms with E-state index in [9.17, 15) is 4.79 Å². The van der Waals surface area contributed by atoms with Crippen LogP contribution in [0.3, 0.4) is 0 Å². The van der Waals surface area contributed by atoms with Gasteiger partial charge in [-0.2, -0.15) is 0 Å². The molecule has 2 heterocycles. The highest BCUT2D eigenvalue weighted by molar-refractivity contribution is 6.34. The number of ether oxygens (including phenoxy) is 2. The molecule has 2 aliphatic rings. The third-order valence-electron chi connectivity index (χ3n) is 4.46. The van der Waals surface area contributed by atoms with Gasteiger partial charge in [-0.05, 0) is 37.9 Å². The number of Topliss-reactive ketones (excluding diaryl/α,β-unsaturated/α-hetero) is 1. The van der Waals surface area contributed by atoms with Gasteiger partial charge in [0.2, 0.25) is 0 Å². The van der Waals surface area contributed by atoms with Gasteiger partial charge < -0.3 is 14.4 Å². The predicted molar refractivity (Wildman–Crippen MR) is 86.2 cm³/mol. The molecule has 22 heavy (non-hydrogen) atoms. The molecule has 1 saturated heterocycles. The number of ketones is 1. The Morgan fingerprint density at radius 1 is 1.23 bits per heavy atom. The van der Waals surface area contributed by atoms with Gasteiger partial charge in [0.15, 0.2) is 17.3 Å². The lowest BCUT2D eigenvalue weighted by Gasteiger charge is -2.29. The Morgan fingerprint density at radius 3 is 2.55 bits per heavy atom. The summed E-state index contributed by atoms with van der Waals surface area (Å²) in [6.07, 6.45) is 2.94. The van der Waals surface area contributed by atoms with Crippen LogP contribution in [-0.4, -0.2) is 43.5 Å². The number of likely N-dealkylation sites (tertiary alicyclic amines) is 1. The van der Waals surface area contributed by atoms with Crippen LogP contribution in [0.25, 0.3) is 0 Å². The molecule has 0 aromatic heterocycles. The molecule has 5 heteroatoms. The molecule has 0 amide bonds. The smallest absolute Gasteiger partial charge is 0.165 e. The first kappa shape index (κ1) is 15.6. The van der Waals surface area contributed by atoms with E-state index in [0.29, 0.717) is 41.7 Å². The maximum absolute atomic E-state index is 12.5. The first-order valence-electron chi connectivity index (χ1n) is 7.98. The molecule has 0 N–H and O–H groups in total. The lowest BCUT2D eigenvalue weighted by atomic mass is 9.99. The number of nitrogens with zero attached hydrogens (tertiary/aromatic N) is 1. The summed E-state index contributed by atoms with van der Waals surface area (Å²) in [5.74, 6) is 2.11.